The molecule has 0 aliphatic carbocycles. The third-order valence-electron chi connectivity index (χ3n) is 6.04. The molecule has 2 amide bonds. The Morgan fingerprint density at radius 3 is 2.69 bits per heavy atom. The molecule has 1 atom stereocenters. The maximum atomic E-state index is 13.0. The smallest absolute Gasteiger partial charge is 0.253 e. The van der Waals surface area contributed by atoms with Crippen LogP contribution in [0.1, 0.15) is 47.3 Å². The van der Waals surface area contributed by atoms with Crippen molar-refractivity contribution in [1.29, 1.82) is 5.26 Å². The van der Waals surface area contributed by atoms with Crippen LogP contribution in [-0.4, -0.2) is 46.2 Å². The van der Waals surface area contributed by atoms with Crippen LogP contribution in [0, 0.1) is 16.7 Å². The molecular formula is C23H24N4O2. The SMILES string of the molecule is N#Cc1ccc(C(=O)N2CCCC3(CCC(=O)N(Cc4ccccn4)C3)C2)cc1. The third kappa shape index (κ3) is 4.14. The molecule has 6 heteroatoms. The topological polar surface area (TPSA) is 77.3 Å². The highest BCUT2D eigenvalue weighted by molar-refractivity contribution is 5.94. The van der Waals surface area contributed by atoms with Crippen LogP contribution in [0.15, 0.2) is 48.7 Å². The molecule has 6 nitrogen and oxygen atoms in total. The molecule has 2 saturated heterocycles. The molecule has 2 aliphatic heterocycles. The summed E-state index contributed by atoms with van der Waals surface area (Å²) in [5, 5.41) is 8.95. The van der Waals surface area contributed by atoms with Gasteiger partial charge < -0.3 is 9.80 Å². The normalized spacial score (nSPS) is 21.8. The number of amides is 2. The summed E-state index contributed by atoms with van der Waals surface area (Å²) in [6.07, 6.45) is 5.05. The Morgan fingerprint density at radius 1 is 1.14 bits per heavy atom. The Balaban J connectivity index is 1.48. The molecule has 148 valence electrons. The summed E-state index contributed by atoms with van der Waals surface area (Å²) >= 11 is 0. The molecule has 0 saturated carbocycles. The molecule has 29 heavy (non-hydrogen) atoms. The zero-order valence-corrected chi connectivity index (χ0v) is 16.4. The highest BCUT2D eigenvalue weighted by Crippen LogP contribution is 2.39. The van der Waals surface area contributed by atoms with Crippen LogP contribution in [0.25, 0.3) is 0 Å². The van der Waals surface area contributed by atoms with E-state index in [9.17, 15) is 9.59 Å². The number of likely N-dealkylation sites (tertiary alicyclic amines) is 2. The van der Waals surface area contributed by atoms with Gasteiger partial charge in [0.1, 0.15) is 0 Å². The number of rotatable bonds is 3. The van der Waals surface area contributed by atoms with Crippen LogP contribution in [0.5, 0.6) is 0 Å². The second kappa shape index (κ2) is 8.04. The number of hydrogen-bond acceptors (Lipinski definition) is 4. The molecule has 0 radical (unpaired) electrons. The van der Waals surface area contributed by atoms with Gasteiger partial charge in [-0.2, -0.15) is 5.26 Å². The summed E-state index contributed by atoms with van der Waals surface area (Å²) in [6, 6.07) is 14.6. The number of carbonyl (C=O) groups is 2. The monoisotopic (exact) mass is 388 g/mol. The molecule has 1 aromatic carbocycles. The average molecular weight is 388 g/mol. The predicted molar refractivity (Wildman–Crippen MR) is 108 cm³/mol. The fourth-order valence-corrected chi connectivity index (χ4v) is 4.52. The molecule has 0 N–H and O–H groups in total. The van der Waals surface area contributed by atoms with Gasteiger partial charge in [0.25, 0.3) is 5.91 Å². The van der Waals surface area contributed by atoms with Gasteiger partial charge in [0.15, 0.2) is 0 Å². The Hall–Kier alpha value is -3.20. The van der Waals surface area contributed by atoms with Crippen LogP contribution in [0.4, 0.5) is 0 Å². The number of carbonyl (C=O) groups excluding carboxylic acids is 2. The second-order valence-corrected chi connectivity index (χ2v) is 8.09. The highest BCUT2D eigenvalue weighted by Gasteiger charge is 2.42. The maximum Gasteiger partial charge on any atom is 0.253 e. The van der Waals surface area contributed by atoms with Gasteiger partial charge >= 0.3 is 0 Å². The summed E-state index contributed by atoms with van der Waals surface area (Å²) < 4.78 is 0. The first-order chi connectivity index (χ1) is 14.1. The van der Waals surface area contributed by atoms with E-state index in [2.05, 4.69) is 11.1 Å². The predicted octanol–water partition coefficient (Wildman–Crippen LogP) is 3.00. The summed E-state index contributed by atoms with van der Waals surface area (Å²) in [7, 11) is 0. The van der Waals surface area contributed by atoms with Crippen LogP contribution in [0.2, 0.25) is 0 Å². The molecule has 2 aromatic rings. The van der Waals surface area contributed by atoms with Crippen molar-refractivity contribution in [2.75, 3.05) is 19.6 Å². The number of piperidine rings is 2. The standard InChI is InChI=1S/C23H24N4O2/c24-14-18-5-7-19(8-6-18)22(29)26-13-3-10-23(16-26)11-9-21(28)27(17-23)15-20-4-1-2-12-25-20/h1-2,4-8,12H,3,9-11,13,15-17H2. The quantitative estimate of drug-likeness (QED) is 0.810. The fourth-order valence-electron chi connectivity index (χ4n) is 4.52. The van der Waals surface area contributed by atoms with Crippen LogP contribution < -0.4 is 0 Å². The third-order valence-corrected chi connectivity index (χ3v) is 6.04. The van der Waals surface area contributed by atoms with E-state index in [4.69, 9.17) is 5.26 Å². The lowest BCUT2D eigenvalue weighted by atomic mass is 9.73. The van der Waals surface area contributed by atoms with Crippen molar-refractivity contribution < 1.29 is 9.59 Å². The fraction of sp³-hybridized carbons (Fsp3) is 0.391. The van der Waals surface area contributed by atoms with E-state index in [1.54, 1.807) is 30.5 Å². The number of pyridine rings is 1. The van der Waals surface area contributed by atoms with Gasteiger partial charge in [-0.3, -0.25) is 14.6 Å². The van der Waals surface area contributed by atoms with Crippen LogP contribution in [-0.2, 0) is 11.3 Å². The lowest BCUT2D eigenvalue weighted by Gasteiger charge is -2.48. The number of benzene rings is 1. The first-order valence-corrected chi connectivity index (χ1v) is 10.1. The summed E-state index contributed by atoms with van der Waals surface area (Å²) in [5.41, 5.74) is 1.99. The van der Waals surface area contributed by atoms with Crippen molar-refractivity contribution >= 4 is 11.8 Å². The number of aromatic nitrogens is 1. The first kappa shape index (κ1) is 19.1. The Bertz CT molecular complexity index is 936. The van der Waals surface area contributed by atoms with Crippen molar-refractivity contribution in [2.45, 2.75) is 32.2 Å². The molecule has 1 unspecified atom stereocenters. The number of nitriles is 1. The average Bonchev–Trinajstić information content (AvgIpc) is 2.77. The van der Waals surface area contributed by atoms with Crippen LogP contribution in [0.3, 0.4) is 0 Å². The van der Waals surface area contributed by atoms with Crippen LogP contribution >= 0.6 is 0 Å². The minimum atomic E-state index is -0.0524. The van der Waals surface area contributed by atoms with E-state index in [1.165, 1.54) is 0 Å². The summed E-state index contributed by atoms with van der Waals surface area (Å²) in [6.45, 7) is 2.58. The Labute approximate surface area is 170 Å². The highest BCUT2D eigenvalue weighted by atomic mass is 16.2. The summed E-state index contributed by atoms with van der Waals surface area (Å²) in [5.74, 6) is 0.165. The minimum absolute atomic E-state index is 0.00161. The lowest BCUT2D eigenvalue weighted by molar-refractivity contribution is -0.139. The van der Waals surface area contributed by atoms with Gasteiger partial charge in [0.2, 0.25) is 5.91 Å². The van der Waals surface area contributed by atoms with Gasteiger partial charge in [-0.05, 0) is 55.7 Å². The maximum absolute atomic E-state index is 13.0. The van der Waals surface area contributed by atoms with E-state index in [0.29, 0.717) is 37.2 Å². The van der Waals surface area contributed by atoms with Gasteiger partial charge in [0, 0.05) is 43.2 Å². The first-order valence-electron chi connectivity index (χ1n) is 10.1. The van der Waals surface area contributed by atoms with Crippen molar-refractivity contribution in [2.24, 2.45) is 5.41 Å². The van der Waals surface area contributed by atoms with Crippen molar-refractivity contribution in [3.63, 3.8) is 0 Å². The zero-order chi connectivity index (χ0) is 20.3. The van der Waals surface area contributed by atoms with Gasteiger partial charge in [0.05, 0.1) is 23.9 Å². The largest absolute Gasteiger partial charge is 0.338 e. The van der Waals surface area contributed by atoms with E-state index < -0.39 is 0 Å². The molecule has 2 aliphatic rings. The van der Waals surface area contributed by atoms with E-state index in [0.717, 1.165) is 31.5 Å². The van der Waals surface area contributed by atoms with Gasteiger partial charge in [-0.25, -0.2) is 0 Å². The van der Waals surface area contributed by atoms with E-state index in [1.807, 2.05) is 28.0 Å². The zero-order valence-electron chi connectivity index (χ0n) is 16.4. The molecular weight excluding hydrogens is 364 g/mol. The summed E-state index contributed by atoms with van der Waals surface area (Å²) in [4.78, 5) is 33.7. The molecule has 3 heterocycles. The van der Waals surface area contributed by atoms with E-state index >= 15 is 0 Å². The lowest BCUT2D eigenvalue weighted by Crippen LogP contribution is -2.54. The Morgan fingerprint density at radius 2 is 1.97 bits per heavy atom. The Kier molecular flexibility index (Phi) is 5.30. The molecule has 2 fully saturated rings. The van der Waals surface area contributed by atoms with Gasteiger partial charge in [-0.1, -0.05) is 6.07 Å². The molecule has 1 aromatic heterocycles. The second-order valence-electron chi connectivity index (χ2n) is 8.09. The van der Waals surface area contributed by atoms with E-state index in [-0.39, 0.29) is 17.2 Å². The number of nitrogens with zero attached hydrogens (tertiary/aromatic N) is 4. The number of hydrogen-bond donors (Lipinski definition) is 0. The van der Waals surface area contributed by atoms with Crippen molar-refractivity contribution in [1.82, 2.24) is 14.8 Å². The van der Waals surface area contributed by atoms with Gasteiger partial charge in [-0.15, -0.1) is 0 Å². The molecule has 4 rings (SSSR count). The minimum Gasteiger partial charge on any atom is -0.338 e. The van der Waals surface area contributed by atoms with Crippen molar-refractivity contribution in [3.05, 3.63) is 65.5 Å². The van der Waals surface area contributed by atoms with Crippen molar-refractivity contribution in [3.8, 4) is 6.07 Å². The molecule has 1 spiro atoms. The molecule has 0 bridgehead atoms.